The average Bonchev–Trinajstić information content (AvgIpc) is 2.75. The number of hydrazine groups is 1. The first kappa shape index (κ1) is 24.8. The minimum atomic E-state index is -0.868. The van der Waals surface area contributed by atoms with Gasteiger partial charge in [0.15, 0.2) is 0 Å². The van der Waals surface area contributed by atoms with Crippen LogP contribution in [0.5, 0.6) is 5.75 Å². The molecule has 1 atom stereocenters. The van der Waals surface area contributed by atoms with E-state index in [0.717, 1.165) is 0 Å². The smallest absolute Gasteiger partial charge is 0.269 e. The lowest BCUT2D eigenvalue weighted by Gasteiger charge is -2.19. The van der Waals surface area contributed by atoms with Crippen LogP contribution in [-0.4, -0.2) is 42.4 Å². The molecule has 0 aromatic heterocycles. The summed E-state index contributed by atoms with van der Waals surface area (Å²) < 4.78 is 5.34. The van der Waals surface area contributed by atoms with Crippen molar-refractivity contribution in [1.29, 1.82) is 0 Å². The molecule has 2 aromatic rings. The summed E-state index contributed by atoms with van der Waals surface area (Å²) in [7, 11) is 0. The molecular weight excluding hydrogens is 461 g/mol. The number of amides is 3. The number of hydrogen-bond donors (Lipinski definition) is 3. The number of ether oxygens (including phenoxy) is 1. The van der Waals surface area contributed by atoms with Crippen LogP contribution in [0.4, 0.5) is 0 Å². The van der Waals surface area contributed by atoms with Crippen molar-refractivity contribution in [3.8, 4) is 5.75 Å². The largest absolute Gasteiger partial charge is 0.494 e. The minimum absolute atomic E-state index is 0.179. The Bertz CT molecular complexity index is 925. The van der Waals surface area contributed by atoms with E-state index in [0.29, 0.717) is 35.1 Å². The highest BCUT2D eigenvalue weighted by molar-refractivity contribution is 7.98. The predicted molar refractivity (Wildman–Crippen MR) is 124 cm³/mol. The number of benzene rings is 2. The van der Waals surface area contributed by atoms with Crippen molar-refractivity contribution in [2.45, 2.75) is 19.4 Å². The molecular formula is C21H23Cl2N3O4S. The van der Waals surface area contributed by atoms with E-state index < -0.39 is 23.8 Å². The van der Waals surface area contributed by atoms with E-state index >= 15 is 0 Å². The molecule has 0 saturated carbocycles. The molecule has 3 N–H and O–H groups in total. The number of carbonyl (C=O) groups excluding carboxylic acids is 3. The Kier molecular flexibility index (Phi) is 9.97. The zero-order valence-electron chi connectivity index (χ0n) is 17.0. The minimum Gasteiger partial charge on any atom is -0.494 e. The fourth-order valence-corrected chi connectivity index (χ4v) is 3.53. The van der Waals surface area contributed by atoms with Crippen LogP contribution in [0.25, 0.3) is 0 Å². The Balaban J connectivity index is 1.99. The summed E-state index contributed by atoms with van der Waals surface area (Å²) in [6, 6.07) is 10.1. The molecule has 7 nitrogen and oxygen atoms in total. The van der Waals surface area contributed by atoms with Gasteiger partial charge >= 0.3 is 0 Å². The van der Waals surface area contributed by atoms with Gasteiger partial charge in [-0.25, -0.2) is 0 Å². The van der Waals surface area contributed by atoms with Crippen LogP contribution in [0.2, 0.25) is 10.0 Å². The van der Waals surface area contributed by atoms with E-state index in [4.69, 9.17) is 27.9 Å². The number of rotatable bonds is 9. The van der Waals surface area contributed by atoms with Gasteiger partial charge in [0.2, 0.25) is 0 Å². The van der Waals surface area contributed by atoms with Crippen LogP contribution < -0.4 is 20.9 Å². The molecule has 0 aliphatic rings. The molecule has 2 aromatic carbocycles. The molecule has 0 aliphatic heterocycles. The molecule has 2 rings (SSSR count). The fraction of sp³-hybridized carbons (Fsp3) is 0.286. The van der Waals surface area contributed by atoms with Crippen molar-refractivity contribution in [3.63, 3.8) is 0 Å². The number of hydrogen-bond acceptors (Lipinski definition) is 5. The van der Waals surface area contributed by atoms with Gasteiger partial charge in [0.1, 0.15) is 11.8 Å². The Labute approximate surface area is 195 Å². The SMILES string of the molecule is CCOc1ccc(C(=O)NNC(=O)C(CCSC)NC(=O)c2ccc(Cl)cc2Cl)cc1. The predicted octanol–water partition coefficient (Wildman–Crippen LogP) is 3.70. The van der Waals surface area contributed by atoms with Crippen LogP contribution in [0, 0.1) is 0 Å². The quantitative estimate of drug-likeness (QED) is 0.472. The van der Waals surface area contributed by atoms with Crippen molar-refractivity contribution in [2.24, 2.45) is 0 Å². The molecule has 166 valence electrons. The van der Waals surface area contributed by atoms with E-state index in [-0.39, 0.29) is 10.6 Å². The van der Waals surface area contributed by atoms with Crippen LogP contribution in [-0.2, 0) is 4.79 Å². The molecule has 0 radical (unpaired) electrons. The van der Waals surface area contributed by atoms with Gasteiger partial charge in [0.25, 0.3) is 17.7 Å². The molecule has 0 heterocycles. The second kappa shape index (κ2) is 12.4. The van der Waals surface area contributed by atoms with Crippen LogP contribution in [0.3, 0.4) is 0 Å². The second-order valence-electron chi connectivity index (χ2n) is 6.33. The van der Waals surface area contributed by atoms with Crippen molar-refractivity contribution in [3.05, 3.63) is 63.6 Å². The lowest BCUT2D eigenvalue weighted by molar-refractivity contribution is -0.123. The zero-order chi connectivity index (χ0) is 22.8. The Morgan fingerprint density at radius 3 is 2.35 bits per heavy atom. The normalized spacial score (nSPS) is 11.4. The monoisotopic (exact) mass is 483 g/mol. The summed E-state index contributed by atoms with van der Waals surface area (Å²) >= 11 is 13.5. The maximum absolute atomic E-state index is 12.6. The van der Waals surface area contributed by atoms with Gasteiger partial charge in [0.05, 0.1) is 17.2 Å². The lowest BCUT2D eigenvalue weighted by atomic mass is 10.1. The highest BCUT2D eigenvalue weighted by atomic mass is 35.5. The summed E-state index contributed by atoms with van der Waals surface area (Å²) in [5.74, 6) is -0.289. The third-order valence-corrected chi connectivity index (χ3v) is 5.33. The van der Waals surface area contributed by atoms with E-state index in [1.165, 1.54) is 30.0 Å². The molecule has 3 amide bonds. The Morgan fingerprint density at radius 2 is 1.74 bits per heavy atom. The van der Waals surface area contributed by atoms with Crippen molar-refractivity contribution in [2.75, 3.05) is 18.6 Å². The first-order valence-electron chi connectivity index (χ1n) is 9.43. The van der Waals surface area contributed by atoms with Crippen molar-refractivity contribution in [1.82, 2.24) is 16.2 Å². The molecule has 0 fully saturated rings. The summed E-state index contributed by atoms with van der Waals surface area (Å²) in [6.07, 6.45) is 2.25. The second-order valence-corrected chi connectivity index (χ2v) is 8.16. The third kappa shape index (κ3) is 7.65. The zero-order valence-corrected chi connectivity index (χ0v) is 19.4. The highest BCUT2D eigenvalue weighted by Crippen LogP contribution is 2.21. The third-order valence-electron chi connectivity index (χ3n) is 4.13. The number of carbonyl (C=O) groups is 3. The lowest BCUT2D eigenvalue weighted by Crippen LogP contribution is -2.52. The first-order chi connectivity index (χ1) is 14.8. The summed E-state index contributed by atoms with van der Waals surface area (Å²) in [5.41, 5.74) is 5.27. The van der Waals surface area contributed by atoms with Gasteiger partial charge in [0, 0.05) is 10.6 Å². The number of nitrogens with one attached hydrogen (secondary N) is 3. The van der Waals surface area contributed by atoms with Gasteiger partial charge in [-0.15, -0.1) is 0 Å². The van der Waals surface area contributed by atoms with Crippen LogP contribution in [0.1, 0.15) is 34.1 Å². The van der Waals surface area contributed by atoms with Crippen molar-refractivity contribution < 1.29 is 19.1 Å². The molecule has 31 heavy (non-hydrogen) atoms. The summed E-state index contributed by atoms with van der Waals surface area (Å²) in [4.78, 5) is 37.5. The first-order valence-corrected chi connectivity index (χ1v) is 11.6. The average molecular weight is 484 g/mol. The van der Waals surface area contributed by atoms with Gasteiger partial charge < -0.3 is 10.1 Å². The van der Waals surface area contributed by atoms with Crippen LogP contribution in [0.15, 0.2) is 42.5 Å². The molecule has 0 saturated heterocycles. The molecule has 0 spiro atoms. The van der Waals surface area contributed by atoms with E-state index in [1.54, 1.807) is 24.3 Å². The summed E-state index contributed by atoms with van der Waals surface area (Å²) in [6.45, 7) is 2.38. The standard InChI is InChI=1S/C21H23Cl2N3O4S/c1-3-30-15-7-4-13(5-8-15)19(27)25-26-21(29)18(10-11-31-2)24-20(28)16-9-6-14(22)12-17(16)23/h4-9,12,18H,3,10-11H2,1-2H3,(H,24,28)(H,25,27)(H,26,29). The molecule has 0 bridgehead atoms. The molecule has 10 heteroatoms. The number of thioether (sulfide) groups is 1. The van der Waals surface area contributed by atoms with E-state index in [1.807, 2.05) is 13.2 Å². The van der Waals surface area contributed by atoms with Crippen molar-refractivity contribution >= 4 is 52.7 Å². The Hall–Kier alpha value is -2.42. The fourth-order valence-electron chi connectivity index (χ4n) is 2.56. The highest BCUT2D eigenvalue weighted by Gasteiger charge is 2.23. The van der Waals surface area contributed by atoms with E-state index in [9.17, 15) is 14.4 Å². The molecule has 1 unspecified atom stereocenters. The maximum atomic E-state index is 12.6. The van der Waals surface area contributed by atoms with Gasteiger partial charge in [-0.2, -0.15) is 11.8 Å². The van der Waals surface area contributed by atoms with Gasteiger partial charge in [-0.3, -0.25) is 25.2 Å². The number of halogens is 2. The topological polar surface area (TPSA) is 96.5 Å². The van der Waals surface area contributed by atoms with Gasteiger partial charge in [-0.05, 0) is 67.8 Å². The van der Waals surface area contributed by atoms with Crippen LogP contribution >= 0.6 is 35.0 Å². The Morgan fingerprint density at radius 1 is 1.03 bits per heavy atom. The van der Waals surface area contributed by atoms with E-state index in [2.05, 4.69) is 16.2 Å². The summed E-state index contributed by atoms with van der Waals surface area (Å²) in [5, 5.41) is 3.23. The van der Waals surface area contributed by atoms with Gasteiger partial charge in [-0.1, -0.05) is 23.2 Å². The molecule has 0 aliphatic carbocycles. The maximum Gasteiger partial charge on any atom is 0.269 e.